The third-order valence-electron chi connectivity index (χ3n) is 4.21. The maximum atomic E-state index is 12.3. The van der Waals surface area contributed by atoms with Gasteiger partial charge in [0.15, 0.2) is 0 Å². The Kier molecular flexibility index (Phi) is 4.64. The van der Waals surface area contributed by atoms with Gasteiger partial charge >= 0.3 is 6.03 Å². The number of rotatable bonds is 4. The van der Waals surface area contributed by atoms with Crippen molar-refractivity contribution in [3.05, 3.63) is 51.6 Å². The Balaban J connectivity index is 1.65. The van der Waals surface area contributed by atoms with E-state index in [1.807, 2.05) is 11.6 Å². The van der Waals surface area contributed by atoms with Crippen molar-refractivity contribution in [2.45, 2.75) is 45.3 Å². The van der Waals surface area contributed by atoms with Gasteiger partial charge in [-0.2, -0.15) is 5.10 Å². The van der Waals surface area contributed by atoms with Gasteiger partial charge in [-0.15, -0.1) is 0 Å². The Bertz CT molecular complexity index is 803. The first-order valence-corrected chi connectivity index (χ1v) is 8.17. The molecule has 0 saturated carbocycles. The predicted molar refractivity (Wildman–Crippen MR) is 89.9 cm³/mol. The average Bonchev–Trinajstić information content (AvgIpc) is 2.96. The molecule has 9 heteroatoms. The Morgan fingerprint density at radius 2 is 2.28 bits per heavy atom. The highest BCUT2D eigenvalue weighted by atomic mass is 16.6. The molecule has 2 atom stereocenters. The van der Waals surface area contributed by atoms with Crippen molar-refractivity contribution >= 4 is 11.7 Å². The van der Waals surface area contributed by atoms with Crippen LogP contribution in [0.4, 0.5) is 10.5 Å². The van der Waals surface area contributed by atoms with Gasteiger partial charge in [-0.1, -0.05) is 12.1 Å². The summed E-state index contributed by atoms with van der Waals surface area (Å²) in [5, 5.41) is 20.9. The van der Waals surface area contributed by atoms with E-state index in [1.165, 1.54) is 12.1 Å². The molecular weight excluding hydrogens is 324 g/mol. The average molecular weight is 344 g/mol. The second-order valence-electron chi connectivity index (χ2n) is 6.13. The number of benzene rings is 1. The summed E-state index contributed by atoms with van der Waals surface area (Å²) in [6, 6.07) is 5.36. The summed E-state index contributed by atoms with van der Waals surface area (Å²) in [6.07, 6.45) is 1.72. The quantitative estimate of drug-likeness (QED) is 0.653. The molecule has 3 rings (SSSR count). The summed E-state index contributed by atoms with van der Waals surface area (Å²) in [7, 11) is 0. The first-order chi connectivity index (χ1) is 11.9. The van der Waals surface area contributed by atoms with Gasteiger partial charge in [0.05, 0.1) is 17.0 Å². The first-order valence-electron chi connectivity index (χ1n) is 8.17. The van der Waals surface area contributed by atoms with Crippen LogP contribution in [0.3, 0.4) is 0 Å². The number of nitrogens with one attached hydrogen (secondary N) is 2. The number of nitrogens with zero attached hydrogens (tertiary/aromatic N) is 4. The minimum absolute atomic E-state index is 0.00224. The van der Waals surface area contributed by atoms with Gasteiger partial charge in [0.1, 0.15) is 11.6 Å². The molecule has 25 heavy (non-hydrogen) atoms. The zero-order chi connectivity index (χ0) is 18.0. The highest BCUT2D eigenvalue weighted by molar-refractivity contribution is 5.74. The Labute approximate surface area is 144 Å². The Hall–Kier alpha value is -2.97. The summed E-state index contributed by atoms with van der Waals surface area (Å²) in [5.74, 6) is 1.45. The standard InChI is InChI=1S/C16H20N6O3/c1-10(12-5-3-6-13(9-12)22(24)25)17-16(23)19-14-7-4-8-21-15(14)18-11(2)20-21/h3,5-6,9-10,14H,4,7-8H2,1-2H3,(H2,17,19,23)/t10-,14-/m0/s1. The molecule has 9 nitrogen and oxygen atoms in total. The van der Waals surface area contributed by atoms with Crippen molar-refractivity contribution in [2.75, 3.05) is 0 Å². The van der Waals surface area contributed by atoms with Gasteiger partial charge in [0, 0.05) is 18.7 Å². The normalized spacial score (nSPS) is 17.4. The molecule has 2 N–H and O–H groups in total. The number of hydrogen-bond donors (Lipinski definition) is 2. The molecule has 0 aliphatic carbocycles. The molecular formula is C16H20N6O3. The van der Waals surface area contributed by atoms with Crippen LogP contribution in [0.25, 0.3) is 0 Å². The smallest absolute Gasteiger partial charge is 0.315 e. The molecule has 0 radical (unpaired) electrons. The van der Waals surface area contributed by atoms with Crippen LogP contribution in [0.2, 0.25) is 0 Å². The second kappa shape index (κ2) is 6.88. The van der Waals surface area contributed by atoms with E-state index in [1.54, 1.807) is 19.1 Å². The van der Waals surface area contributed by atoms with Crippen molar-refractivity contribution in [2.24, 2.45) is 0 Å². The fraction of sp³-hybridized carbons (Fsp3) is 0.438. The van der Waals surface area contributed by atoms with Gasteiger partial charge in [0.25, 0.3) is 5.69 Å². The molecule has 132 valence electrons. The predicted octanol–water partition coefficient (Wildman–Crippen LogP) is 2.39. The Morgan fingerprint density at radius 3 is 3.04 bits per heavy atom. The largest absolute Gasteiger partial charge is 0.332 e. The van der Waals surface area contributed by atoms with Crippen LogP contribution in [-0.4, -0.2) is 25.7 Å². The van der Waals surface area contributed by atoms with Crippen LogP contribution >= 0.6 is 0 Å². The minimum Gasteiger partial charge on any atom is -0.332 e. The van der Waals surface area contributed by atoms with Gasteiger partial charge < -0.3 is 10.6 Å². The number of amides is 2. The Morgan fingerprint density at radius 1 is 1.48 bits per heavy atom. The van der Waals surface area contributed by atoms with Crippen molar-refractivity contribution < 1.29 is 9.72 Å². The topological polar surface area (TPSA) is 115 Å². The van der Waals surface area contributed by atoms with Crippen LogP contribution in [0, 0.1) is 17.0 Å². The zero-order valence-corrected chi connectivity index (χ0v) is 14.1. The maximum absolute atomic E-state index is 12.3. The number of aryl methyl sites for hydroxylation is 2. The van der Waals surface area contributed by atoms with Crippen LogP contribution in [0.5, 0.6) is 0 Å². The number of urea groups is 1. The van der Waals surface area contributed by atoms with E-state index in [0.717, 1.165) is 25.2 Å². The number of aromatic nitrogens is 3. The third kappa shape index (κ3) is 3.76. The van der Waals surface area contributed by atoms with E-state index >= 15 is 0 Å². The van der Waals surface area contributed by atoms with Crippen LogP contribution < -0.4 is 10.6 Å². The van der Waals surface area contributed by atoms with Crippen molar-refractivity contribution in [1.82, 2.24) is 25.4 Å². The maximum Gasteiger partial charge on any atom is 0.315 e. The first kappa shape index (κ1) is 16.9. The molecule has 0 saturated heterocycles. The lowest BCUT2D eigenvalue weighted by atomic mass is 10.1. The summed E-state index contributed by atoms with van der Waals surface area (Å²) >= 11 is 0. The molecule has 0 fully saturated rings. The van der Waals surface area contributed by atoms with Crippen LogP contribution in [-0.2, 0) is 6.54 Å². The number of carbonyl (C=O) groups is 1. The lowest BCUT2D eigenvalue weighted by Crippen LogP contribution is -2.41. The number of nitro groups is 1. The van der Waals surface area contributed by atoms with E-state index in [2.05, 4.69) is 20.7 Å². The summed E-state index contributed by atoms with van der Waals surface area (Å²) < 4.78 is 1.83. The summed E-state index contributed by atoms with van der Waals surface area (Å²) in [4.78, 5) is 27.1. The van der Waals surface area contributed by atoms with E-state index in [0.29, 0.717) is 11.4 Å². The fourth-order valence-corrected chi connectivity index (χ4v) is 2.99. The van der Waals surface area contributed by atoms with Crippen molar-refractivity contribution in [1.29, 1.82) is 0 Å². The summed E-state index contributed by atoms with van der Waals surface area (Å²) in [5.41, 5.74) is 0.675. The van der Waals surface area contributed by atoms with E-state index < -0.39 is 4.92 Å². The molecule has 2 heterocycles. The number of hydrogen-bond acceptors (Lipinski definition) is 5. The highest BCUT2D eigenvalue weighted by Crippen LogP contribution is 2.23. The van der Waals surface area contributed by atoms with E-state index in [9.17, 15) is 14.9 Å². The molecule has 1 aliphatic rings. The van der Waals surface area contributed by atoms with Crippen LogP contribution in [0.1, 0.15) is 49.1 Å². The molecule has 1 aliphatic heterocycles. The molecule has 2 amide bonds. The number of nitro benzene ring substituents is 1. The molecule has 2 aromatic rings. The van der Waals surface area contributed by atoms with E-state index in [4.69, 9.17) is 0 Å². The fourth-order valence-electron chi connectivity index (χ4n) is 2.99. The zero-order valence-electron chi connectivity index (χ0n) is 14.1. The second-order valence-corrected chi connectivity index (χ2v) is 6.13. The highest BCUT2D eigenvalue weighted by Gasteiger charge is 2.25. The van der Waals surface area contributed by atoms with E-state index in [-0.39, 0.29) is 23.8 Å². The third-order valence-corrected chi connectivity index (χ3v) is 4.21. The SMILES string of the molecule is Cc1nc2n(n1)CCC[C@@H]2NC(=O)N[C@@H](C)c1cccc([N+](=O)[O-])c1. The van der Waals surface area contributed by atoms with Crippen molar-refractivity contribution in [3.8, 4) is 0 Å². The molecule has 1 aromatic carbocycles. The number of carbonyl (C=O) groups excluding carboxylic acids is 1. The monoisotopic (exact) mass is 344 g/mol. The summed E-state index contributed by atoms with van der Waals surface area (Å²) in [6.45, 7) is 4.42. The minimum atomic E-state index is -0.451. The van der Waals surface area contributed by atoms with Crippen LogP contribution in [0.15, 0.2) is 24.3 Å². The van der Waals surface area contributed by atoms with Gasteiger partial charge in [-0.05, 0) is 32.3 Å². The van der Waals surface area contributed by atoms with Gasteiger partial charge in [-0.3, -0.25) is 10.1 Å². The lowest BCUT2D eigenvalue weighted by molar-refractivity contribution is -0.384. The lowest BCUT2D eigenvalue weighted by Gasteiger charge is -2.24. The van der Waals surface area contributed by atoms with Gasteiger partial charge in [0.2, 0.25) is 0 Å². The molecule has 0 spiro atoms. The molecule has 0 bridgehead atoms. The number of non-ortho nitro benzene ring substituents is 1. The van der Waals surface area contributed by atoms with Gasteiger partial charge in [-0.25, -0.2) is 14.5 Å². The number of fused-ring (bicyclic) bond motifs is 1. The molecule has 0 unspecified atom stereocenters. The van der Waals surface area contributed by atoms with Crippen molar-refractivity contribution in [3.63, 3.8) is 0 Å². The molecule has 1 aromatic heterocycles.